The zero-order valence-corrected chi connectivity index (χ0v) is 12.7. The third kappa shape index (κ3) is 2.64. The first-order valence-corrected chi connectivity index (χ1v) is 7.71. The van der Waals surface area contributed by atoms with E-state index >= 15 is 0 Å². The molecule has 5 nitrogen and oxygen atoms in total. The highest BCUT2D eigenvalue weighted by atomic mass is 35.5. The number of rotatable bonds is 3. The summed E-state index contributed by atoms with van der Waals surface area (Å²) in [5.74, 6) is 1.74. The molecule has 6 heteroatoms. The summed E-state index contributed by atoms with van der Waals surface area (Å²) in [7, 11) is 0. The summed E-state index contributed by atoms with van der Waals surface area (Å²) in [5, 5.41) is 4.84. The molecule has 3 aromatic rings. The Morgan fingerprint density at radius 1 is 1.27 bits per heavy atom. The van der Waals surface area contributed by atoms with Crippen LogP contribution in [0.4, 0.5) is 0 Å². The predicted octanol–water partition coefficient (Wildman–Crippen LogP) is 3.24. The number of hydrogen-bond donors (Lipinski definition) is 0. The molecule has 22 heavy (non-hydrogen) atoms. The first kappa shape index (κ1) is 13.5. The Balaban J connectivity index is 1.49. The van der Waals surface area contributed by atoms with Crippen LogP contribution in [-0.4, -0.2) is 19.7 Å². The van der Waals surface area contributed by atoms with Crippen molar-refractivity contribution in [3.8, 4) is 0 Å². The summed E-state index contributed by atoms with van der Waals surface area (Å²) in [4.78, 5) is 8.75. The molecule has 0 N–H and O–H groups in total. The van der Waals surface area contributed by atoms with Crippen LogP contribution in [-0.2, 0) is 19.4 Å². The molecule has 1 aromatic carbocycles. The summed E-state index contributed by atoms with van der Waals surface area (Å²) < 4.78 is 7.66. The number of nitrogens with zero attached hydrogens (tertiary/aromatic N) is 4. The first-order chi connectivity index (χ1) is 10.8. The van der Waals surface area contributed by atoms with E-state index in [2.05, 4.69) is 19.7 Å². The Hall–Kier alpha value is -2.14. The van der Waals surface area contributed by atoms with Crippen molar-refractivity contribution in [2.24, 2.45) is 0 Å². The minimum Gasteiger partial charge on any atom is -0.339 e. The molecule has 0 saturated carbocycles. The number of imidazole rings is 1. The molecule has 0 unspecified atom stereocenters. The monoisotopic (exact) mass is 314 g/mol. The van der Waals surface area contributed by atoms with E-state index in [0.717, 1.165) is 41.7 Å². The fourth-order valence-electron chi connectivity index (χ4n) is 2.87. The second kappa shape index (κ2) is 5.57. The zero-order chi connectivity index (χ0) is 14.9. The molecule has 0 spiro atoms. The molecule has 0 radical (unpaired) electrons. The summed E-state index contributed by atoms with van der Waals surface area (Å²) >= 11 is 5.90. The molecular formula is C16H15ClN4O. The van der Waals surface area contributed by atoms with Crippen molar-refractivity contribution in [1.29, 1.82) is 0 Å². The highest BCUT2D eigenvalue weighted by molar-refractivity contribution is 6.30. The highest BCUT2D eigenvalue weighted by Gasteiger charge is 2.25. The highest BCUT2D eigenvalue weighted by Crippen LogP contribution is 2.28. The van der Waals surface area contributed by atoms with E-state index in [1.54, 1.807) is 0 Å². The summed E-state index contributed by atoms with van der Waals surface area (Å²) in [6.45, 7) is 0.953. The van der Waals surface area contributed by atoms with Crippen LogP contribution in [0.1, 0.15) is 35.3 Å². The zero-order valence-electron chi connectivity index (χ0n) is 11.9. The fourth-order valence-corrected chi connectivity index (χ4v) is 3.00. The third-order valence-corrected chi connectivity index (χ3v) is 4.33. The van der Waals surface area contributed by atoms with Gasteiger partial charge in [-0.1, -0.05) is 28.9 Å². The van der Waals surface area contributed by atoms with Crippen LogP contribution in [0.2, 0.25) is 5.02 Å². The van der Waals surface area contributed by atoms with E-state index in [-0.39, 0.29) is 5.92 Å². The van der Waals surface area contributed by atoms with E-state index in [9.17, 15) is 0 Å². The van der Waals surface area contributed by atoms with Crippen LogP contribution >= 0.6 is 11.6 Å². The molecular weight excluding hydrogens is 300 g/mol. The van der Waals surface area contributed by atoms with Crippen molar-refractivity contribution >= 4 is 11.6 Å². The maximum Gasteiger partial charge on any atom is 0.230 e. The Bertz CT molecular complexity index is 778. The molecule has 1 aliphatic heterocycles. The van der Waals surface area contributed by atoms with Crippen molar-refractivity contribution in [2.75, 3.05) is 0 Å². The Morgan fingerprint density at radius 3 is 3.00 bits per heavy atom. The number of aromatic nitrogens is 4. The van der Waals surface area contributed by atoms with Gasteiger partial charge in [-0.25, -0.2) is 4.98 Å². The van der Waals surface area contributed by atoms with Crippen LogP contribution in [0.15, 0.2) is 41.3 Å². The van der Waals surface area contributed by atoms with Crippen molar-refractivity contribution in [3.63, 3.8) is 0 Å². The van der Waals surface area contributed by atoms with Gasteiger partial charge < -0.3 is 9.09 Å². The molecule has 4 rings (SSSR count). The minimum atomic E-state index is 0.288. The summed E-state index contributed by atoms with van der Waals surface area (Å²) in [6, 6.07) is 7.72. The van der Waals surface area contributed by atoms with Gasteiger partial charge in [0.25, 0.3) is 0 Å². The lowest BCUT2D eigenvalue weighted by Gasteiger charge is -2.20. The van der Waals surface area contributed by atoms with Crippen molar-refractivity contribution in [3.05, 3.63) is 64.8 Å². The SMILES string of the molecule is Clc1ccc(Cc2noc([C@@H]3CCn4cncc4C3)n2)cc1. The molecule has 1 aliphatic rings. The van der Waals surface area contributed by atoms with Gasteiger partial charge in [-0.15, -0.1) is 0 Å². The second-order valence-electron chi connectivity index (χ2n) is 5.62. The summed E-state index contributed by atoms with van der Waals surface area (Å²) in [6.07, 6.45) is 6.36. The standard InChI is InChI=1S/C16H15ClN4O/c17-13-3-1-11(2-4-13)7-15-19-16(22-20-15)12-5-6-21-10-18-9-14(21)8-12/h1-4,9-10,12H,5-8H2/t12-/m1/s1. The lowest BCUT2D eigenvalue weighted by Crippen LogP contribution is -2.17. The lowest BCUT2D eigenvalue weighted by atomic mass is 9.96. The number of fused-ring (bicyclic) bond motifs is 1. The Kier molecular flexibility index (Phi) is 3.42. The van der Waals surface area contributed by atoms with Crippen LogP contribution in [0.3, 0.4) is 0 Å². The Morgan fingerprint density at radius 2 is 2.14 bits per heavy atom. The molecule has 0 amide bonds. The normalized spacial score (nSPS) is 17.4. The molecule has 2 aromatic heterocycles. The first-order valence-electron chi connectivity index (χ1n) is 7.34. The maximum absolute atomic E-state index is 5.90. The molecule has 112 valence electrons. The fraction of sp³-hybridized carbons (Fsp3) is 0.312. The average molecular weight is 315 g/mol. The number of benzene rings is 1. The number of halogens is 1. The van der Waals surface area contributed by atoms with Gasteiger partial charge in [-0.3, -0.25) is 0 Å². The smallest absolute Gasteiger partial charge is 0.230 e. The lowest BCUT2D eigenvalue weighted by molar-refractivity contribution is 0.323. The molecule has 1 atom stereocenters. The molecule has 0 bridgehead atoms. The van der Waals surface area contributed by atoms with Crippen LogP contribution < -0.4 is 0 Å². The van der Waals surface area contributed by atoms with E-state index in [4.69, 9.17) is 16.1 Å². The van der Waals surface area contributed by atoms with Crippen LogP contribution in [0.5, 0.6) is 0 Å². The van der Waals surface area contributed by atoms with Crippen molar-refractivity contribution in [1.82, 2.24) is 19.7 Å². The van der Waals surface area contributed by atoms with Gasteiger partial charge in [0, 0.05) is 42.2 Å². The predicted molar refractivity (Wildman–Crippen MR) is 81.8 cm³/mol. The van der Waals surface area contributed by atoms with Crippen molar-refractivity contribution in [2.45, 2.75) is 31.7 Å². The summed E-state index contributed by atoms with van der Waals surface area (Å²) in [5.41, 5.74) is 2.35. The quantitative estimate of drug-likeness (QED) is 0.744. The third-order valence-electron chi connectivity index (χ3n) is 4.08. The van der Waals surface area contributed by atoms with Gasteiger partial charge in [-0.05, 0) is 24.1 Å². The van der Waals surface area contributed by atoms with Gasteiger partial charge in [0.15, 0.2) is 5.82 Å². The van der Waals surface area contributed by atoms with Gasteiger partial charge in [0.1, 0.15) is 0 Å². The van der Waals surface area contributed by atoms with Gasteiger partial charge in [0.2, 0.25) is 5.89 Å². The number of hydrogen-bond acceptors (Lipinski definition) is 4. The molecule has 0 fully saturated rings. The van der Waals surface area contributed by atoms with Crippen LogP contribution in [0, 0.1) is 0 Å². The van der Waals surface area contributed by atoms with E-state index in [1.807, 2.05) is 36.8 Å². The van der Waals surface area contributed by atoms with Gasteiger partial charge >= 0.3 is 0 Å². The molecule has 3 heterocycles. The second-order valence-corrected chi connectivity index (χ2v) is 6.06. The molecule has 0 saturated heterocycles. The minimum absolute atomic E-state index is 0.288. The average Bonchev–Trinajstić information content (AvgIpc) is 3.17. The van der Waals surface area contributed by atoms with Gasteiger partial charge in [0.05, 0.1) is 6.33 Å². The van der Waals surface area contributed by atoms with Crippen LogP contribution in [0.25, 0.3) is 0 Å². The number of aryl methyl sites for hydroxylation is 1. The van der Waals surface area contributed by atoms with Gasteiger partial charge in [-0.2, -0.15) is 4.98 Å². The van der Waals surface area contributed by atoms with Crippen molar-refractivity contribution < 1.29 is 4.52 Å². The Labute approximate surface area is 132 Å². The maximum atomic E-state index is 5.90. The van der Waals surface area contributed by atoms with E-state index in [1.165, 1.54) is 5.69 Å². The largest absolute Gasteiger partial charge is 0.339 e. The molecule has 0 aliphatic carbocycles. The topological polar surface area (TPSA) is 56.7 Å². The van der Waals surface area contributed by atoms with E-state index in [0.29, 0.717) is 6.42 Å². The van der Waals surface area contributed by atoms with E-state index < -0.39 is 0 Å².